The van der Waals surface area contributed by atoms with Crippen molar-refractivity contribution in [3.8, 4) is 16.9 Å². The Morgan fingerprint density at radius 2 is 1.23 bits per heavy atom. The zero-order valence-corrected chi connectivity index (χ0v) is 25.2. The summed E-state index contributed by atoms with van der Waals surface area (Å²) in [5.74, 6) is 0.925. The van der Waals surface area contributed by atoms with Crippen LogP contribution in [0, 0.1) is 0 Å². The molecule has 3 nitrogen and oxygen atoms in total. The Hall–Kier alpha value is -6.06. The molecule has 7 aromatic carbocycles. The van der Waals surface area contributed by atoms with Crippen molar-refractivity contribution in [2.75, 3.05) is 0 Å². The van der Waals surface area contributed by atoms with Crippen LogP contribution in [0.1, 0.15) is 12.0 Å². The SMILES string of the molecule is C1=CCC2Oc3c(cc4c(oc5ccccc54)c3-c3cc4c5cc6ccccc6cc5n5c6cc7ccccc7cc6c(c3)c45)C2=C1. The van der Waals surface area contributed by atoms with Crippen molar-refractivity contribution in [2.45, 2.75) is 12.5 Å². The highest BCUT2D eigenvalue weighted by Crippen LogP contribution is 2.53. The van der Waals surface area contributed by atoms with E-state index in [-0.39, 0.29) is 6.10 Å². The third kappa shape index (κ3) is 3.02. The summed E-state index contributed by atoms with van der Waals surface area (Å²) in [6, 6.07) is 42.3. The lowest BCUT2D eigenvalue weighted by molar-refractivity contribution is 0.280. The van der Waals surface area contributed by atoms with Crippen LogP contribution in [0.15, 0.2) is 138 Å². The van der Waals surface area contributed by atoms with Crippen molar-refractivity contribution in [1.29, 1.82) is 0 Å². The van der Waals surface area contributed by atoms with Crippen LogP contribution in [0.4, 0.5) is 0 Å². The van der Waals surface area contributed by atoms with Gasteiger partial charge in [-0.25, -0.2) is 0 Å². The summed E-state index contributed by atoms with van der Waals surface area (Å²) in [7, 11) is 0. The maximum atomic E-state index is 6.87. The monoisotopic (exact) mass is 599 g/mol. The lowest BCUT2D eigenvalue weighted by Crippen LogP contribution is -2.12. The Balaban J connectivity index is 1.29. The van der Waals surface area contributed by atoms with Crippen molar-refractivity contribution in [1.82, 2.24) is 4.40 Å². The molecule has 4 heterocycles. The van der Waals surface area contributed by atoms with E-state index in [0.29, 0.717) is 0 Å². The van der Waals surface area contributed by atoms with Gasteiger partial charge in [0.2, 0.25) is 0 Å². The van der Waals surface area contributed by atoms with Gasteiger partial charge >= 0.3 is 0 Å². The summed E-state index contributed by atoms with van der Waals surface area (Å²) >= 11 is 0. The highest BCUT2D eigenvalue weighted by molar-refractivity contribution is 6.27. The molecule has 47 heavy (non-hydrogen) atoms. The van der Waals surface area contributed by atoms with Crippen LogP contribution < -0.4 is 4.74 Å². The van der Waals surface area contributed by atoms with Gasteiger partial charge in [-0.3, -0.25) is 0 Å². The standard InChI is InChI=1S/C44H25NO2/c1-3-11-26-21-37-31(17-24(26)9-1)33-19-28(20-34-32-18-25-10-2-4-12-27(25)22-38(32)45(37)42(33)34)41-43-35(29-13-5-7-15-39(29)46-43)23-36-30-14-6-8-16-40(30)47-44(36)41/h1-15,17-23,40H,16H2. The number of hydrogen-bond donors (Lipinski definition) is 0. The van der Waals surface area contributed by atoms with Gasteiger partial charge in [0.05, 0.1) is 22.1 Å². The fourth-order valence-electron chi connectivity index (χ4n) is 8.63. The fourth-order valence-corrected chi connectivity index (χ4v) is 8.63. The minimum atomic E-state index is 0.0192. The lowest BCUT2D eigenvalue weighted by Gasteiger charge is -2.13. The number of fused-ring (bicyclic) bond motifs is 14. The molecule has 12 rings (SSSR count). The van der Waals surface area contributed by atoms with E-state index in [4.69, 9.17) is 9.15 Å². The molecule has 0 fully saturated rings. The van der Waals surface area contributed by atoms with Gasteiger partial charge in [-0.15, -0.1) is 0 Å². The van der Waals surface area contributed by atoms with E-state index in [9.17, 15) is 0 Å². The first kappa shape index (κ1) is 24.2. The average Bonchev–Trinajstić information content (AvgIpc) is 3.85. The molecule has 0 saturated carbocycles. The Labute approximate surface area is 268 Å². The predicted octanol–water partition coefficient (Wildman–Crippen LogP) is 11.8. The molecule has 0 radical (unpaired) electrons. The summed E-state index contributed by atoms with van der Waals surface area (Å²) in [6.07, 6.45) is 7.47. The van der Waals surface area contributed by atoms with Crippen LogP contribution in [0.5, 0.6) is 5.75 Å². The van der Waals surface area contributed by atoms with Gasteiger partial charge in [-0.1, -0.05) is 85.0 Å². The number of rotatable bonds is 1. The minimum Gasteiger partial charge on any atom is -0.484 e. The molecule has 2 aliphatic rings. The van der Waals surface area contributed by atoms with E-state index in [1.807, 2.05) is 6.07 Å². The number of benzene rings is 7. The molecule has 3 aromatic heterocycles. The van der Waals surface area contributed by atoms with Gasteiger partial charge in [0.15, 0.2) is 0 Å². The molecule has 0 saturated heterocycles. The third-order valence-electron chi connectivity index (χ3n) is 10.7. The van der Waals surface area contributed by atoms with Gasteiger partial charge in [-0.2, -0.15) is 0 Å². The molecular weight excluding hydrogens is 574 g/mol. The summed E-state index contributed by atoms with van der Waals surface area (Å²) in [5, 5.41) is 12.3. The van der Waals surface area contributed by atoms with Gasteiger partial charge in [0, 0.05) is 49.9 Å². The topological polar surface area (TPSA) is 26.8 Å². The van der Waals surface area contributed by atoms with Gasteiger partial charge in [-0.05, 0) is 75.6 Å². The smallest absolute Gasteiger partial charge is 0.147 e. The lowest BCUT2D eigenvalue weighted by atomic mass is 9.91. The van der Waals surface area contributed by atoms with Crippen molar-refractivity contribution >= 4 is 87.2 Å². The molecule has 10 aromatic rings. The van der Waals surface area contributed by atoms with E-state index in [2.05, 4.69) is 132 Å². The fraction of sp³-hybridized carbons (Fsp3) is 0.0455. The van der Waals surface area contributed by atoms with Crippen molar-refractivity contribution in [3.63, 3.8) is 0 Å². The molecule has 1 aliphatic carbocycles. The number of aromatic nitrogens is 1. The molecule has 0 bridgehead atoms. The quantitative estimate of drug-likeness (QED) is 0.188. The van der Waals surface area contributed by atoms with E-state index < -0.39 is 0 Å². The maximum Gasteiger partial charge on any atom is 0.147 e. The molecule has 1 aliphatic heterocycles. The zero-order chi connectivity index (χ0) is 30.4. The highest BCUT2D eigenvalue weighted by Gasteiger charge is 2.34. The molecule has 0 spiro atoms. The molecular formula is C44H25NO2. The summed E-state index contributed by atoms with van der Waals surface area (Å²) in [6.45, 7) is 0. The van der Waals surface area contributed by atoms with Crippen LogP contribution in [0.3, 0.4) is 0 Å². The van der Waals surface area contributed by atoms with Crippen LogP contribution in [0.25, 0.3) is 98.3 Å². The van der Waals surface area contributed by atoms with Crippen LogP contribution >= 0.6 is 0 Å². The van der Waals surface area contributed by atoms with E-state index in [0.717, 1.165) is 45.2 Å². The number of ether oxygens (including phenoxy) is 1. The predicted molar refractivity (Wildman–Crippen MR) is 195 cm³/mol. The number of hydrogen-bond acceptors (Lipinski definition) is 2. The zero-order valence-electron chi connectivity index (χ0n) is 25.2. The average molecular weight is 600 g/mol. The first-order valence-electron chi connectivity index (χ1n) is 16.4. The summed E-state index contributed by atoms with van der Waals surface area (Å²) in [4.78, 5) is 0. The van der Waals surface area contributed by atoms with Crippen LogP contribution in [-0.2, 0) is 0 Å². The molecule has 0 N–H and O–H groups in total. The minimum absolute atomic E-state index is 0.0192. The van der Waals surface area contributed by atoms with Gasteiger partial charge < -0.3 is 13.6 Å². The second-order valence-corrected chi connectivity index (χ2v) is 13.2. The largest absolute Gasteiger partial charge is 0.484 e. The molecule has 1 unspecified atom stereocenters. The van der Waals surface area contributed by atoms with Crippen molar-refractivity contribution < 1.29 is 9.15 Å². The Bertz CT molecular complexity index is 2950. The van der Waals surface area contributed by atoms with E-state index >= 15 is 0 Å². The molecule has 1 atom stereocenters. The number of para-hydroxylation sites is 1. The maximum absolute atomic E-state index is 6.87. The normalized spacial score (nSPS) is 16.0. The first-order valence-corrected chi connectivity index (χ1v) is 16.4. The number of nitrogens with zero attached hydrogens (tertiary/aromatic N) is 1. The van der Waals surface area contributed by atoms with Gasteiger partial charge in [0.1, 0.15) is 23.0 Å². The van der Waals surface area contributed by atoms with Crippen molar-refractivity contribution in [2.24, 2.45) is 0 Å². The van der Waals surface area contributed by atoms with E-state index in [1.165, 1.54) is 70.8 Å². The molecule has 218 valence electrons. The Kier molecular flexibility index (Phi) is 4.32. The van der Waals surface area contributed by atoms with Crippen LogP contribution in [-0.4, -0.2) is 10.5 Å². The third-order valence-corrected chi connectivity index (χ3v) is 10.7. The highest BCUT2D eigenvalue weighted by atomic mass is 16.5. The second kappa shape index (κ2) is 8.39. The summed E-state index contributed by atoms with van der Waals surface area (Å²) < 4.78 is 16.1. The summed E-state index contributed by atoms with van der Waals surface area (Å²) in [5.41, 5.74) is 10.1. The number of allylic oxidation sites excluding steroid dienone is 2. The number of furan rings is 1. The van der Waals surface area contributed by atoms with Gasteiger partial charge in [0.25, 0.3) is 0 Å². The second-order valence-electron chi connectivity index (χ2n) is 13.2. The molecule has 3 heteroatoms. The van der Waals surface area contributed by atoms with E-state index in [1.54, 1.807) is 0 Å². The molecule has 0 amide bonds. The van der Waals surface area contributed by atoms with Crippen molar-refractivity contribution in [3.05, 3.63) is 139 Å². The first-order chi connectivity index (χ1) is 23.3. The Morgan fingerprint density at radius 3 is 1.94 bits per heavy atom. The Morgan fingerprint density at radius 1 is 0.596 bits per heavy atom. The van der Waals surface area contributed by atoms with Crippen LogP contribution in [0.2, 0.25) is 0 Å².